The Hall–Kier alpha value is -1.39. The third kappa shape index (κ3) is 8.46. The summed E-state index contributed by atoms with van der Waals surface area (Å²) in [6.07, 6.45) is 9.88. The Labute approximate surface area is 146 Å². The minimum Gasteiger partial charge on any atom is -0.481 e. The maximum Gasteiger partial charge on any atom is 0.305 e. The SMILES string of the molecule is CCCCCCCCc1ccc(CCC(N)(CO)CC(=O)O)cc1. The van der Waals surface area contributed by atoms with Crippen LogP contribution in [0.5, 0.6) is 0 Å². The van der Waals surface area contributed by atoms with Gasteiger partial charge in [0.2, 0.25) is 0 Å². The fourth-order valence-corrected chi connectivity index (χ4v) is 2.90. The number of carboxylic acids is 1. The van der Waals surface area contributed by atoms with E-state index >= 15 is 0 Å². The van der Waals surface area contributed by atoms with Crippen molar-refractivity contribution < 1.29 is 15.0 Å². The lowest BCUT2D eigenvalue weighted by atomic mass is 9.89. The maximum atomic E-state index is 10.8. The molecule has 1 unspecified atom stereocenters. The Balaban J connectivity index is 2.35. The molecule has 136 valence electrons. The number of benzene rings is 1. The van der Waals surface area contributed by atoms with Crippen LogP contribution in [0.25, 0.3) is 0 Å². The van der Waals surface area contributed by atoms with Crippen molar-refractivity contribution in [1.29, 1.82) is 0 Å². The summed E-state index contributed by atoms with van der Waals surface area (Å²) < 4.78 is 0. The number of rotatable bonds is 13. The van der Waals surface area contributed by atoms with E-state index in [4.69, 9.17) is 10.8 Å². The molecular weight excluding hydrogens is 302 g/mol. The lowest BCUT2D eigenvalue weighted by Crippen LogP contribution is -2.46. The molecule has 0 aromatic heterocycles. The number of aliphatic carboxylic acids is 1. The van der Waals surface area contributed by atoms with Crippen LogP contribution in [0.15, 0.2) is 24.3 Å². The molecule has 1 atom stereocenters. The fourth-order valence-electron chi connectivity index (χ4n) is 2.90. The van der Waals surface area contributed by atoms with Crippen LogP contribution in [-0.4, -0.2) is 28.3 Å². The van der Waals surface area contributed by atoms with E-state index in [0.717, 1.165) is 12.0 Å². The van der Waals surface area contributed by atoms with E-state index in [0.29, 0.717) is 12.8 Å². The lowest BCUT2D eigenvalue weighted by molar-refractivity contribution is -0.138. The summed E-state index contributed by atoms with van der Waals surface area (Å²) in [5.41, 5.74) is 7.40. The van der Waals surface area contributed by atoms with Crippen LogP contribution in [0.2, 0.25) is 0 Å². The Morgan fingerprint density at radius 1 is 1.00 bits per heavy atom. The van der Waals surface area contributed by atoms with Gasteiger partial charge >= 0.3 is 5.97 Å². The second-order valence-electron chi connectivity index (χ2n) is 6.93. The molecule has 1 aromatic rings. The largest absolute Gasteiger partial charge is 0.481 e. The molecule has 0 aliphatic rings. The zero-order valence-electron chi connectivity index (χ0n) is 15.0. The van der Waals surface area contributed by atoms with Gasteiger partial charge in [-0.15, -0.1) is 0 Å². The highest BCUT2D eigenvalue weighted by Gasteiger charge is 2.27. The average Bonchev–Trinajstić information content (AvgIpc) is 2.56. The van der Waals surface area contributed by atoms with Gasteiger partial charge in [0, 0.05) is 5.54 Å². The zero-order valence-corrected chi connectivity index (χ0v) is 15.0. The van der Waals surface area contributed by atoms with Gasteiger partial charge in [-0.25, -0.2) is 0 Å². The van der Waals surface area contributed by atoms with Gasteiger partial charge < -0.3 is 15.9 Å². The van der Waals surface area contributed by atoms with Gasteiger partial charge in [-0.05, 0) is 36.8 Å². The summed E-state index contributed by atoms with van der Waals surface area (Å²) in [6, 6.07) is 8.47. The predicted octanol–water partition coefficient (Wildman–Crippen LogP) is 3.69. The molecule has 4 nitrogen and oxygen atoms in total. The van der Waals surface area contributed by atoms with Crippen molar-refractivity contribution in [3.8, 4) is 0 Å². The van der Waals surface area contributed by atoms with Crippen molar-refractivity contribution in [3.63, 3.8) is 0 Å². The van der Waals surface area contributed by atoms with Crippen LogP contribution < -0.4 is 5.73 Å². The molecule has 1 aromatic carbocycles. The number of carbonyl (C=O) groups is 1. The average molecular weight is 335 g/mol. The van der Waals surface area contributed by atoms with Crippen LogP contribution >= 0.6 is 0 Å². The summed E-state index contributed by atoms with van der Waals surface area (Å²) in [4.78, 5) is 10.8. The highest BCUT2D eigenvalue weighted by atomic mass is 16.4. The van der Waals surface area contributed by atoms with Gasteiger partial charge in [0.05, 0.1) is 13.0 Å². The summed E-state index contributed by atoms with van der Waals surface area (Å²) in [5.74, 6) is -0.971. The van der Waals surface area contributed by atoms with Crippen LogP contribution in [0.1, 0.15) is 69.4 Å². The molecule has 0 radical (unpaired) electrons. The van der Waals surface area contributed by atoms with Crippen molar-refractivity contribution in [3.05, 3.63) is 35.4 Å². The number of hydrogen-bond acceptors (Lipinski definition) is 3. The van der Waals surface area contributed by atoms with Gasteiger partial charge in [0.1, 0.15) is 0 Å². The molecule has 0 heterocycles. The molecule has 0 saturated heterocycles. The molecule has 0 aliphatic carbocycles. The van der Waals surface area contributed by atoms with Crippen LogP contribution in [0, 0.1) is 0 Å². The van der Waals surface area contributed by atoms with E-state index in [1.54, 1.807) is 0 Å². The van der Waals surface area contributed by atoms with Crippen molar-refractivity contribution >= 4 is 5.97 Å². The van der Waals surface area contributed by atoms with Crippen LogP contribution in [0.4, 0.5) is 0 Å². The highest BCUT2D eigenvalue weighted by molar-refractivity contribution is 5.68. The van der Waals surface area contributed by atoms with Crippen molar-refractivity contribution in [2.24, 2.45) is 5.73 Å². The van der Waals surface area contributed by atoms with Gasteiger partial charge in [-0.3, -0.25) is 4.79 Å². The topological polar surface area (TPSA) is 83.5 Å². The molecular formula is C20H33NO3. The number of aryl methyl sites for hydroxylation is 2. The highest BCUT2D eigenvalue weighted by Crippen LogP contribution is 2.17. The first kappa shape index (κ1) is 20.7. The van der Waals surface area contributed by atoms with E-state index in [2.05, 4.69) is 31.2 Å². The summed E-state index contributed by atoms with van der Waals surface area (Å²) in [6.45, 7) is 1.92. The standard InChI is InChI=1S/C20H33NO3/c1-2-3-4-5-6-7-8-17-9-11-18(12-10-17)13-14-20(21,16-22)15-19(23)24/h9-12,22H,2-8,13-16,21H2,1H3,(H,23,24). The van der Waals surface area contributed by atoms with Crippen molar-refractivity contribution in [2.75, 3.05) is 6.61 Å². The Morgan fingerprint density at radius 2 is 1.54 bits per heavy atom. The molecule has 0 saturated carbocycles. The summed E-state index contributed by atoms with van der Waals surface area (Å²) in [5, 5.41) is 18.2. The van der Waals surface area contributed by atoms with Gasteiger partial charge in [-0.2, -0.15) is 0 Å². The van der Waals surface area contributed by atoms with E-state index < -0.39 is 11.5 Å². The molecule has 1 rings (SSSR count). The molecule has 4 N–H and O–H groups in total. The summed E-state index contributed by atoms with van der Waals surface area (Å²) >= 11 is 0. The fraction of sp³-hybridized carbons (Fsp3) is 0.650. The number of nitrogens with two attached hydrogens (primary N) is 1. The molecule has 24 heavy (non-hydrogen) atoms. The molecule has 4 heteroatoms. The number of aliphatic hydroxyl groups is 1. The molecule has 0 fully saturated rings. The monoisotopic (exact) mass is 335 g/mol. The van der Waals surface area contributed by atoms with Crippen LogP contribution in [-0.2, 0) is 17.6 Å². The first-order valence-electron chi connectivity index (χ1n) is 9.18. The molecule has 0 spiro atoms. The quantitative estimate of drug-likeness (QED) is 0.480. The second kappa shape index (κ2) is 11.2. The third-order valence-electron chi connectivity index (χ3n) is 4.57. The lowest BCUT2D eigenvalue weighted by Gasteiger charge is -2.25. The van der Waals surface area contributed by atoms with E-state index in [1.807, 2.05) is 0 Å². The molecule has 0 aliphatic heterocycles. The maximum absolute atomic E-state index is 10.8. The van der Waals surface area contributed by atoms with Gasteiger partial charge in [-0.1, -0.05) is 63.3 Å². The molecule has 0 bridgehead atoms. The minimum atomic E-state index is -1.04. The van der Waals surface area contributed by atoms with E-state index in [-0.39, 0.29) is 13.0 Å². The summed E-state index contributed by atoms with van der Waals surface area (Å²) in [7, 11) is 0. The number of carboxylic acid groups (broad SMARTS) is 1. The minimum absolute atomic E-state index is 0.209. The first-order valence-corrected chi connectivity index (χ1v) is 9.18. The van der Waals surface area contributed by atoms with Gasteiger partial charge in [0.25, 0.3) is 0 Å². The normalized spacial score (nSPS) is 13.6. The van der Waals surface area contributed by atoms with Crippen molar-refractivity contribution in [1.82, 2.24) is 0 Å². The zero-order chi connectivity index (χ0) is 17.8. The smallest absolute Gasteiger partial charge is 0.305 e. The number of unbranched alkanes of at least 4 members (excludes halogenated alkanes) is 5. The Kier molecular flexibility index (Phi) is 9.65. The predicted molar refractivity (Wildman–Crippen MR) is 98.1 cm³/mol. The number of hydrogen-bond donors (Lipinski definition) is 3. The van der Waals surface area contributed by atoms with Crippen LogP contribution in [0.3, 0.4) is 0 Å². The first-order chi connectivity index (χ1) is 11.5. The third-order valence-corrected chi connectivity index (χ3v) is 4.57. The van der Waals surface area contributed by atoms with E-state index in [9.17, 15) is 9.90 Å². The molecule has 0 amide bonds. The Morgan fingerprint density at radius 3 is 2.08 bits per heavy atom. The van der Waals surface area contributed by atoms with Gasteiger partial charge in [0.15, 0.2) is 0 Å². The Bertz CT molecular complexity index is 472. The van der Waals surface area contributed by atoms with E-state index in [1.165, 1.54) is 44.1 Å². The second-order valence-corrected chi connectivity index (χ2v) is 6.93. The van der Waals surface area contributed by atoms with Crippen molar-refractivity contribution in [2.45, 2.75) is 76.7 Å². The number of aliphatic hydroxyl groups excluding tert-OH is 1.